The van der Waals surface area contributed by atoms with Crippen molar-refractivity contribution in [2.45, 2.75) is 44.6 Å². The number of anilines is 1. The third-order valence-corrected chi connectivity index (χ3v) is 4.58. The standard InChI is InChI=1S/C16H20BrFN4O3/c1-16(7-3-2-4-8-16)20-15(25)22(10-23)21-14(24)19-13-6-5-11(17)9-12(13)18/h5-6,9-10H,2-4,7-8H2,1H3,(H,20,25)(H2,19,21,24). The quantitative estimate of drug-likeness (QED) is 0.521. The minimum atomic E-state index is -0.905. The van der Waals surface area contributed by atoms with Gasteiger partial charge in [-0.05, 0) is 38.0 Å². The average molecular weight is 415 g/mol. The molecule has 7 nitrogen and oxygen atoms in total. The van der Waals surface area contributed by atoms with Crippen molar-refractivity contribution in [3.8, 4) is 0 Å². The summed E-state index contributed by atoms with van der Waals surface area (Å²) in [6.07, 6.45) is 4.91. The SMILES string of the molecule is CC1(NC(=O)N(C=O)NC(=O)Nc2ccc(Br)cc2F)CCCCC1. The topological polar surface area (TPSA) is 90.5 Å². The fourth-order valence-electron chi connectivity index (χ4n) is 2.75. The molecule has 1 aliphatic carbocycles. The number of urea groups is 2. The molecule has 0 heterocycles. The maximum Gasteiger partial charge on any atom is 0.343 e. The molecule has 0 aromatic heterocycles. The Bertz CT molecular complexity index is 665. The Balaban J connectivity index is 1.94. The Labute approximate surface area is 153 Å². The Morgan fingerprint density at radius 1 is 1.28 bits per heavy atom. The molecule has 1 aliphatic rings. The van der Waals surface area contributed by atoms with Crippen LogP contribution in [0.4, 0.5) is 19.7 Å². The number of rotatable bonds is 3. The van der Waals surface area contributed by atoms with E-state index in [1.165, 1.54) is 12.1 Å². The zero-order valence-electron chi connectivity index (χ0n) is 13.8. The monoisotopic (exact) mass is 414 g/mol. The number of carbonyl (C=O) groups is 3. The summed E-state index contributed by atoms with van der Waals surface area (Å²) >= 11 is 3.11. The lowest BCUT2D eigenvalue weighted by Crippen LogP contribution is -2.57. The van der Waals surface area contributed by atoms with E-state index in [4.69, 9.17) is 0 Å². The molecule has 1 saturated carbocycles. The largest absolute Gasteiger partial charge is 0.343 e. The van der Waals surface area contributed by atoms with Crippen molar-refractivity contribution < 1.29 is 18.8 Å². The lowest BCUT2D eigenvalue weighted by atomic mass is 9.83. The van der Waals surface area contributed by atoms with Gasteiger partial charge in [0.2, 0.25) is 6.41 Å². The van der Waals surface area contributed by atoms with Crippen molar-refractivity contribution in [3.63, 3.8) is 0 Å². The van der Waals surface area contributed by atoms with Crippen LogP contribution in [0.3, 0.4) is 0 Å². The van der Waals surface area contributed by atoms with Gasteiger partial charge in [-0.15, -0.1) is 0 Å². The maximum absolute atomic E-state index is 13.7. The minimum Gasteiger partial charge on any atom is -0.331 e. The molecule has 0 unspecified atom stereocenters. The molecule has 136 valence electrons. The smallest absolute Gasteiger partial charge is 0.331 e. The van der Waals surface area contributed by atoms with E-state index >= 15 is 0 Å². The van der Waals surface area contributed by atoms with Crippen LogP contribution in [0.15, 0.2) is 22.7 Å². The summed E-state index contributed by atoms with van der Waals surface area (Å²) in [5.74, 6) is -0.652. The number of halogens is 2. The van der Waals surface area contributed by atoms with Crippen LogP contribution in [0.1, 0.15) is 39.0 Å². The molecule has 1 fully saturated rings. The van der Waals surface area contributed by atoms with Crippen LogP contribution < -0.4 is 16.1 Å². The van der Waals surface area contributed by atoms with Crippen LogP contribution >= 0.6 is 15.9 Å². The molecular weight excluding hydrogens is 395 g/mol. The molecule has 0 radical (unpaired) electrons. The second-order valence-corrected chi connectivity index (χ2v) is 7.13. The van der Waals surface area contributed by atoms with Crippen LogP contribution in [0.5, 0.6) is 0 Å². The lowest BCUT2D eigenvalue weighted by molar-refractivity contribution is -0.117. The van der Waals surface area contributed by atoms with E-state index < -0.39 is 23.4 Å². The highest BCUT2D eigenvalue weighted by Crippen LogP contribution is 2.27. The molecule has 1 aromatic carbocycles. The molecule has 25 heavy (non-hydrogen) atoms. The molecule has 5 amide bonds. The first-order chi connectivity index (χ1) is 11.8. The van der Waals surface area contributed by atoms with Crippen molar-refractivity contribution in [1.29, 1.82) is 0 Å². The predicted molar refractivity (Wildman–Crippen MR) is 94.2 cm³/mol. The molecule has 2 rings (SSSR count). The second-order valence-electron chi connectivity index (χ2n) is 6.22. The number of amides is 5. The highest BCUT2D eigenvalue weighted by atomic mass is 79.9. The van der Waals surface area contributed by atoms with Gasteiger partial charge < -0.3 is 10.6 Å². The van der Waals surface area contributed by atoms with Gasteiger partial charge in [-0.3, -0.25) is 4.79 Å². The van der Waals surface area contributed by atoms with Gasteiger partial charge in [0, 0.05) is 10.0 Å². The van der Waals surface area contributed by atoms with E-state index in [0.717, 1.165) is 32.1 Å². The van der Waals surface area contributed by atoms with Gasteiger partial charge >= 0.3 is 12.1 Å². The van der Waals surface area contributed by atoms with E-state index in [2.05, 4.69) is 32.0 Å². The minimum absolute atomic E-state index is 0.0776. The summed E-state index contributed by atoms with van der Waals surface area (Å²) in [6.45, 7) is 1.91. The summed E-state index contributed by atoms with van der Waals surface area (Å²) in [6, 6.07) is 2.45. The van der Waals surface area contributed by atoms with Crippen molar-refractivity contribution >= 4 is 40.1 Å². The lowest BCUT2D eigenvalue weighted by Gasteiger charge is -2.35. The van der Waals surface area contributed by atoms with E-state index in [0.29, 0.717) is 9.48 Å². The number of benzene rings is 1. The molecule has 9 heteroatoms. The maximum atomic E-state index is 13.7. The van der Waals surface area contributed by atoms with Crippen LogP contribution in [0, 0.1) is 5.82 Å². The van der Waals surface area contributed by atoms with E-state index in [-0.39, 0.29) is 12.1 Å². The number of nitrogens with zero attached hydrogens (tertiary/aromatic N) is 1. The fourth-order valence-corrected chi connectivity index (χ4v) is 3.08. The van der Waals surface area contributed by atoms with Gasteiger partial charge in [-0.2, -0.15) is 5.01 Å². The van der Waals surface area contributed by atoms with Crippen molar-refractivity contribution in [2.75, 3.05) is 5.32 Å². The summed E-state index contributed by atoms with van der Waals surface area (Å²) in [5.41, 5.74) is 1.60. The Morgan fingerprint density at radius 2 is 1.96 bits per heavy atom. The number of hydrogen-bond acceptors (Lipinski definition) is 3. The number of imide groups is 1. The molecule has 0 spiro atoms. The summed E-state index contributed by atoms with van der Waals surface area (Å²) in [7, 11) is 0. The van der Waals surface area contributed by atoms with Crippen LogP contribution in [0.2, 0.25) is 0 Å². The molecule has 0 bridgehead atoms. The fraction of sp³-hybridized carbons (Fsp3) is 0.438. The van der Waals surface area contributed by atoms with Gasteiger partial charge in [0.1, 0.15) is 5.82 Å². The Morgan fingerprint density at radius 3 is 2.56 bits per heavy atom. The van der Waals surface area contributed by atoms with Gasteiger partial charge in [-0.25, -0.2) is 19.4 Å². The first-order valence-corrected chi connectivity index (χ1v) is 8.72. The number of carbonyl (C=O) groups excluding carboxylic acids is 3. The van der Waals surface area contributed by atoms with Crippen LogP contribution in [0.25, 0.3) is 0 Å². The normalized spacial score (nSPS) is 15.8. The second kappa shape index (κ2) is 8.28. The molecular formula is C16H20BrFN4O3. The summed E-state index contributed by atoms with van der Waals surface area (Å²) in [5, 5.41) is 5.52. The van der Waals surface area contributed by atoms with Gasteiger partial charge in [0.05, 0.1) is 5.69 Å². The van der Waals surface area contributed by atoms with Crippen LogP contribution in [-0.2, 0) is 4.79 Å². The van der Waals surface area contributed by atoms with Gasteiger partial charge in [0.15, 0.2) is 0 Å². The Kier molecular flexibility index (Phi) is 6.35. The highest BCUT2D eigenvalue weighted by molar-refractivity contribution is 9.10. The average Bonchev–Trinajstić information content (AvgIpc) is 2.55. The number of hydrogen-bond donors (Lipinski definition) is 3. The highest BCUT2D eigenvalue weighted by Gasteiger charge is 2.30. The number of nitrogens with one attached hydrogen (secondary N) is 3. The summed E-state index contributed by atoms with van der Waals surface area (Å²) < 4.78 is 14.2. The van der Waals surface area contributed by atoms with Crippen LogP contribution in [-0.4, -0.2) is 29.0 Å². The molecule has 1 aromatic rings. The molecule has 0 atom stereocenters. The molecule has 0 saturated heterocycles. The third-order valence-electron chi connectivity index (χ3n) is 4.09. The number of hydrazine groups is 1. The molecule has 0 aliphatic heterocycles. The zero-order valence-corrected chi connectivity index (χ0v) is 15.4. The first-order valence-electron chi connectivity index (χ1n) is 7.92. The van der Waals surface area contributed by atoms with Gasteiger partial charge in [-0.1, -0.05) is 35.2 Å². The third kappa shape index (κ3) is 5.42. The van der Waals surface area contributed by atoms with Crippen molar-refractivity contribution in [3.05, 3.63) is 28.5 Å². The van der Waals surface area contributed by atoms with E-state index in [9.17, 15) is 18.8 Å². The first kappa shape index (κ1) is 19.2. The summed E-state index contributed by atoms with van der Waals surface area (Å²) in [4.78, 5) is 35.3. The Hall–Kier alpha value is -2.16. The zero-order chi connectivity index (χ0) is 18.4. The van der Waals surface area contributed by atoms with E-state index in [1.807, 2.05) is 6.92 Å². The van der Waals surface area contributed by atoms with Crippen molar-refractivity contribution in [2.24, 2.45) is 0 Å². The molecule has 3 N–H and O–H groups in total. The van der Waals surface area contributed by atoms with Gasteiger partial charge in [0.25, 0.3) is 0 Å². The predicted octanol–water partition coefficient (Wildman–Crippen LogP) is 3.52. The van der Waals surface area contributed by atoms with E-state index in [1.54, 1.807) is 6.07 Å². The van der Waals surface area contributed by atoms with Crippen molar-refractivity contribution in [1.82, 2.24) is 15.8 Å².